The first-order valence-electron chi connectivity index (χ1n) is 5.29. The smallest absolute Gasteiger partial charge is 0.307 e. The van der Waals surface area contributed by atoms with E-state index < -0.39 is 18.0 Å². The van der Waals surface area contributed by atoms with Crippen molar-refractivity contribution in [1.82, 2.24) is 0 Å². The number of rotatable bonds is 3. The van der Waals surface area contributed by atoms with Gasteiger partial charge in [-0.25, -0.2) is 0 Å². The molecule has 16 heavy (non-hydrogen) atoms. The third kappa shape index (κ3) is 2.18. The largest absolute Gasteiger partial charge is 0.481 e. The fraction of sp³-hybridized carbons (Fsp3) is 0.417. The summed E-state index contributed by atoms with van der Waals surface area (Å²) < 4.78 is 0. The van der Waals surface area contributed by atoms with Gasteiger partial charge in [0, 0.05) is 10.8 Å². The maximum absolute atomic E-state index is 11.1. The molecule has 1 aliphatic carbocycles. The second kappa shape index (κ2) is 4.80. The minimum absolute atomic E-state index is 0.207. The van der Waals surface area contributed by atoms with Gasteiger partial charge in [0.1, 0.15) is 0 Å². The number of hydrogen-bond donors (Lipinski definition) is 2. The van der Waals surface area contributed by atoms with Gasteiger partial charge in [0.2, 0.25) is 0 Å². The molecule has 0 saturated carbocycles. The molecule has 3 unspecified atom stereocenters. The van der Waals surface area contributed by atoms with Crippen LogP contribution in [0.1, 0.15) is 23.8 Å². The third-order valence-electron chi connectivity index (χ3n) is 3.04. The lowest BCUT2D eigenvalue weighted by Crippen LogP contribution is -2.29. The number of aliphatic hydroxyl groups excluding tert-OH is 1. The van der Waals surface area contributed by atoms with E-state index in [4.69, 9.17) is 5.11 Å². The Hall–Kier alpha value is -1.13. The highest BCUT2D eigenvalue weighted by atomic mass is 32.1. The Morgan fingerprint density at radius 2 is 2.19 bits per heavy atom. The lowest BCUT2D eigenvalue weighted by atomic mass is 9.79. The first-order valence-corrected chi connectivity index (χ1v) is 6.17. The Labute approximate surface area is 98.0 Å². The van der Waals surface area contributed by atoms with Crippen molar-refractivity contribution in [3.8, 4) is 0 Å². The molecule has 1 aliphatic rings. The second-order valence-corrected chi connectivity index (χ2v) is 4.99. The SMILES string of the molecule is O=C(O)C1CC=CCC1C(O)c1cccs1. The minimum Gasteiger partial charge on any atom is -0.481 e. The topological polar surface area (TPSA) is 57.5 Å². The number of aliphatic carboxylic acids is 1. The fourth-order valence-electron chi connectivity index (χ4n) is 2.14. The number of hydrogen-bond acceptors (Lipinski definition) is 3. The molecule has 1 aromatic heterocycles. The zero-order valence-electron chi connectivity index (χ0n) is 8.74. The molecule has 0 saturated heterocycles. The Balaban J connectivity index is 2.18. The maximum atomic E-state index is 11.1. The van der Waals surface area contributed by atoms with Gasteiger partial charge in [-0.3, -0.25) is 4.79 Å². The van der Waals surface area contributed by atoms with Gasteiger partial charge in [0.05, 0.1) is 12.0 Å². The fourth-order valence-corrected chi connectivity index (χ4v) is 2.92. The van der Waals surface area contributed by atoms with Crippen molar-refractivity contribution in [2.45, 2.75) is 18.9 Å². The molecule has 0 aliphatic heterocycles. The van der Waals surface area contributed by atoms with Crippen molar-refractivity contribution in [3.05, 3.63) is 34.5 Å². The van der Waals surface area contributed by atoms with Gasteiger partial charge in [-0.05, 0) is 24.3 Å². The van der Waals surface area contributed by atoms with Gasteiger partial charge in [0.15, 0.2) is 0 Å². The van der Waals surface area contributed by atoms with Crippen molar-refractivity contribution in [1.29, 1.82) is 0 Å². The molecule has 4 heteroatoms. The third-order valence-corrected chi connectivity index (χ3v) is 3.98. The summed E-state index contributed by atoms with van der Waals surface area (Å²) in [5.74, 6) is -1.49. The lowest BCUT2D eigenvalue weighted by Gasteiger charge is -2.28. The van der Waals surface area contributed by atoms with Crippen molar-refractivity contribution in [2.75, 3.05) is 0 Å². The van der Waals surface area contributed by atoms with E-state index in [0.29, 0.717) is 12.8 Å². The molecule has 1 heterocycles. The number of carboxylic acid groups (broad SMARTS) is 1. The summed E-state index contributed by atoms with van der Waals surface area (Å²) in [5.41, 5.74) is 0. The molecule has 0 aromatic carbocycles. The van der Waals surface area contributed by atoms with Crippen LogP contribution in [-0.2, 0) is 4.79 Å². The quantitative estimate of drug-likeness (QED) is 0.795. The number of thiophene rings is 1. The molecule has 0 radical (unpaired) electrons. The molecule has 2 N–H and O–H groups in total. The van der Waals surface area contributed by atoms with Crippen molar-refractivity contribution in [2.24, 2.45) is 11.8 Å². The molecule has 86 valence electrons. The van der Waals surface area contributed by atoms with Crippen LogP contribution in [0.4, 0.5) is 0 Å². The van der Waals surface area contributed by atoms with Crippen LogP contribution in [0.3, 0.4) is 0 Å². The van der Waals surface area contributed by atoms with Crippen LogP contribution in [0.5, 0.6) is 0 Å². The van der Waals surface area contributed by atoms with E-state index in [2.05, 4.69) is 0 Å². The summed E-state index contributed by atoms with van der Waals surface area (Å²) in [6.07, 6.45) is 4.33. The van der Waals surface area contributed by atoms with Crippen LogP contribution in [0.25, 0.3) is 0 Å². The Morgan fingerprint density at radius 3 is 2.81 bits per heavy atom. The van der Waals surface area contributed by atoms with E-state index in [-0.39, 0.29) is 5.92 Å². The highest BCUT2D eigenvalue weighted by Crippen LogP contribution is 2.37. The zero-order valence-corrected chi connectivity index (χ0v) is 9.56. The summed E-state index contributed by atoms with van der Waals surface area (Å²) in [6, 6.07) is 3.73. The first-order chi connectivity index (χ1) is 7.70. The van der Waals surface area contributed by atoms with Gasteiger partial charge in [-0.15, -0.1) is 11.3 Å². The van der Waals surface area contributed by atoms with Crippen LogP contribution in [0.2, 0.25) is 0 Å². The van der Waals surface area contributed by atoms with E-state index in [1.54, 1.807) is 0 Å². The zero-order chi connectivity index (χ0) is 11.5. The molecule has 0 spiro atoms. The molecular formula is C12H14O3S. The Bertz CT molecular complexity index is 383. The van der Waals surface area contributed by atoms with E-state index >= 15 is 0 Å². The molecule has 3 nitrogen and oxygen atoms in total. The number of carboxylic acids is 1. The van der Waals surface area contributed by atoms with E-state index in [9.17, 15) is 9.90 Å². The van der Waals surface area contributed by atoms with Gasteiger partial charge in [-0.1, -0.05) is 18.2 Å². The van der Waals surface area contributed by atoms with Gasteiger partial charge in [0.25, 0.3) is 0 Å². The minimum atomic E-state index is -0.815. The molecule has 0 amide bonds. The summed E-state index contributed by atoms with van der Waals surface area (Å²) >= 11 is 1.47. The van der Waals surface area contributed by atoms with Crippen LogP contribution < -0.4 is 0 Å². The standard InChI is InChI=1S/C12H14O3S/c13-11(10-6-3-7-16-10)8-4-1-2-5-9(8)12(14)15/h1-3,6-9,11,13H,4-5H2,(H,14,15). The molecule has 2 rings (SSSR count). The lowest BCUT2D eigenvalue weighted by molar-refractivity contribution is -0.145. The van der Waals surface area contributed by atoms with E-state index in [1.165, 1.54) is 11.3 Å². The second-order valence-electron chi connectivity index (χ2n) is 4.01. The average molecular weight is 238 g/mol. The average Bonchev–Trinajstić information content (AvgIpc) is 2.81. The highest BCUT2D eigenvalue weighted by molar-refractivity contribution is 7.10. The van der Waals surface area contributed by atoms with Gasteiger partial charge in [-0.2, -0.15) is 0 Å². The van der Waals surface area contributed by atoms with Crippen molar-refractivity contribution >= 4 is 17.3 Å². The maximum Gasteiger partial charge on any atom is 0.307 e. The monoisotopic (exact) mass is 238 g/mol. The highest BCUT2D eigenvalue weighted by Gasteiger charge is 2.34. The van der Waals surface area contributed by atoms with Gasteiger partial charge < -0.3 is 10.2 Å². The number of carbonyl (C=O) groups is 1. The molecule has 1 aromatic rings. The predicted molar refractivity (Wildman–Crippen MR) is 62.3 cm³/mol. The molecule has 0 bridgehead atoms. The first kappa shape index (κ1) is 11.4. The van der Waals surface area contributed by atoms with E-state index in [0.717, 1.165) is 4.88 Å². The van der Waals surface area contributed by atoms with Crippen molar-refractivity contribution in [3.63, 3.8) is 0 Å². The van der Waals surface area contributed by atoms with Crippen LogP contribution in [-0.4, -0.2) is 16.2 Å². The Kier molecular flexibility index (Phi) is 3.41. The predicted octanol–water partition coefficient (Wildman–Crippen LogP) is 2.45. The summed E-state index contributed by atoms with van der Waals surface area (Å²) in [7, 11) is 0. The molecule has 3 atom stereocenters. The molecule has 0 fully saturated rings. The summed E-state index contributed by atoms with van der Waals surface area (Å²) in [6.45, 7) is 0. The van der Waals surface area contributed by atoms with Crippen molar-refractivity contribution < 1.29 is 15.0 Å². The normalized spacial score (nSPS) is 26.6. The summed E-state index contributed by atoms with van der Waals surface area (Å²) in [5, 5.41) is 21.2. The summed E-state index contributed by atoms with van der Waals surface area (Å²) in [4.78, 5) is 12.0. The van der Waals surface area contributed by atoms with Crippen LogP contribution >= 0.6 is 11.3 Å². The van der Waals surface area contributed by atoms with Crippen LogP contribution in [0.15, 0.2) is 29.7 Å². The number of allylic oxidation sites excluding steroid dienone is 2. The van der Waals surface area contributed by atoms with E-state index in [1.807, 2.05) is 29.7 Å². The van der Waals surface area contributed by atoms with Crippen LogP contribution in [0, 0.1) is 11.8 Å². The Morgan fingerprint density at radius 1 is 1.44 bits per heavy atom. The van der Waals surface area contributed by atoms with Gasteiger partial charge >= 0.3 is 5.97 Å². The molecular weight excluding hydrogens is 224 g/mol. The number of aliphatic hydroxyl groups is 1.